The summed E-state index contributed by atoms with van der Waals surface area (Å²) in [6.07, 6.45) is 0. The average Bonchev–Trinajstić information content (AvgIpc) is 2.81. The molecule has 0 radical (unpaired) electrons. The smallest absolute Gasteiger partial charge is 0.124 e. The van der Waals surface area contributed by atoms with Crippen molar-refractivity contribution in [3.05, 3.63) is 68.8 Å². The molecule has 0 N–H and O–H groups in total. The van der Waals surface area contributed by atoms with Crippen molar-refractivity contribution in [3.8, 4) is 0 Å². The lowest BCUT2D eigenvalue weighted by atomic mass is 10.1. The Balaban J connectivity index is 2.05. The molecule has 5 heteroatoms. The first kappa shape index (κ1) is 14.3. The number of hydrogen-bond donors (Lipinski definition) is 0. The highest BCUT2D eigenvalue weighted by Gasteiger charge is 2.17. The molecule has 0 spiro atoms. The van der Waals surface area contributed by atoms with Gasteiger partial charge >= 0.3 is 0 Å². The largest absolute Gasteiger partial charge is 0.207 e. The van der Waals surface area contributed by atoms with Crippen LogP contribution in [0.25, 0.3) is 10.1 Å². The van der Waals surface area contributed by atoms with Crippen LogP contribution in [0.5, 0.6) is 0 Å². The van der Waals surface area contributed by atoms with E-state index >= 15 is 0 Å². The first-order valence-electron chi connectivity index (χ1n) is 5.82. The lowest BCUT2D eigenvalue weighted by molar-refractivity contribution is 0.630. The highest BCUT2D eigenvalue weighted by Crippen LogP contribution is 2.41. The Morgan fingerprint density at radius 1 is 1.05 bits per heavy atom. The van der Waals surface area contributed by atoms with E-state index in [9.17, 15) is 4.39 Å². The summed E-state index contributed by atoms with van der Waals surface area (Å²) in [4.78, 5) is 1.04. The third kappa shape index (κ3) is 2.73. The number of hydrogen-bond acceptors (Lipinski definition) is 1. The molecule has 102 valence electrons. The van der Waals surface area contributed by atoms with Crippen LogP contribution in [0.15, 0.2) is 42.5 Å². The Morgan fingerprint density at radius 3 is 2.60 bits per heavy atom. The molecule has 0 aliphatic carbocycles. The van der Waals surface area contributed by atoms with Crippen molar-refractivity contribution in [1.29, 1.82) is 0 Å². The fourth-order valence-electron chi connectivity index (χ4n) is 2.01. The van der Waals surface area contributed by atoms with E-state index in [0.717, 1.165) is 20.5 Å². The van der Waals surface area contributed by atoms with Gasteiger partial charge in [-0.1, -0.05) is 51.3 Å². The van der Waals surface area contributed by atoms with Gasteiger partial charge in [0, 0.05) is 19.6 Å². The van der Waals surface area contributed by atoms with E-state index < -0.39 is 0 Å². The van der Waals surface area contributed by atoms with Crippen LogP contribution in [-0.2, 0) is 0 Å². The van der Waals surface area contributed by atoms with E-state index in [4.69, 9.17) is 23.2 Å². The van der Waals surface area contributed by atoms with Gasteiger partial charge in [0.2, 0.25) is 0 Å². The van der Waals surface area contributed by atoms with Gasteiger partial charge in [-0.05, 0) is 41.3 Å². The van der Waals surface area contributed by atoms with Crippen LogP contribution in [-0.4, -0.2) is 0 Å². The molecular weight excluding hydrogens is 382 g/mol. The zero-order valence-electron chi connectivity index (χ0n) is 10.0. The van der Waals surface area contributed by atoms with Gasteiger partial charge in [-0.15, -0.1) is 11.3 Å². The summed E-state index contributed by atoms with van der Waals surface area (Å²) in [5.74, 6) is -0.221. The minimum atomic E-state index is -0.221. The first-order chi connectivity index (χ1) is 9.54. The maximum absolute atomic E-state index is 13.2. The van der Waals surface area contributed by atoms with Crippen molar-refractivity contribution in [2.45, 2.75) is 4.83 Å². The van der Waals surface area contributed by atoms with Gasteiger partial charge in [0.25, 0.3) is 0 Å². The van der Waals surface area contributed by atoms with Crippen molar-refractivity contribution in [2.24, 2.45) is 0 Å². The molecule has 3 rings (SSSR count). The second kappa shape index (κ2) is 5.64. The summed E-state index contributed by atoms with van der Waals surface area (Å²) in [5.41, 5.74) is 0.947. The van der Waals surface area contributed by atoms with Gasteiger partial charge in [0.05, 0.1) is 4.83 Å². The molecule has 20 heavy (non-hydrogen) atoms. The monoisotopic (exact) mass is 388 g/mol. The maximum Gasteiger partial charge on any atom is 0.124 e. The number of alkyl halides is 1. The van der Waals surface area contributed by atoms with Gasteiger partial charge in [0.1, 0.15) is 5.82 Å². The van der Waals surface area contributed by atoms with E-state index in [0.29, 0.717) is 10.0 Å². The molecule has 2 aromatic carbocycles. The molecule has 3 aromatic rings. The quantitative estimate of drug-likeness (QED) is 0.421. The topological polar surface area (TPSA) is 0 Å². The molecule has 0 aliphatic heterocycles. The minimum Gasteiger partial charge on any atom is -0.207 e. The zero-order valence-corrected chi connectivity index (χ0v) is 14.0. The predicted octanol–water partition coefficient (Wildman–Crippen LogP) is 6.83. The first-order valence-corrected chi connectivity index (χ1v) is 8.31. The summed E-state index contributed by atoms with van der Waals surface area (Å²) in [7, 11) is 0. The van der Waals surface area contributed by atoms with Crippen LogP contribution in [0.2, 0.25) is 10.0 Å². The standard InChI is InChI=1S/C15H8BrCl2FS/c16-15(11-4-2-9(17)6-12(11)18)14-5-8-1-3-10(19)7-13(8)20-14/h1-7,15H. The molecular formula is C15H8BrCl2FS. The fraction of sp³-hybridized carbons (Fsp3) is 0.0667. The van der Waals surface area contributed by atoms with Gasteiger partial charge in [0.15, 0.2) is 0 Å². The summed E-state index contributed by atoms with van der Waals surface area (Å²) in [6.45, 7) is 0. The normalized spacial score (nSPS) is 12.8. The van der Waals surface area contributed by atoms with Crippen molar-refractivity contribution >= 4 is 60.6 Å². The molecule has 0 bridgehead atoms. The number of halogens is 4. The van der Waals surface area contributed by atoms with Crippen LogP contribution >= 0.6 is 50.5 Å². The van der Waals surface area contributed by atoms with Crippen LogP contribution < -0.4 is 0 Å². The van der Waals surface area contributed by atoms with E-state index in [1.807, 2.05) is 18.2 Å². The van der Waals surface area contributed by atoms with Crippen molar-refractivity contribution < 1.29 is 4.39 Å². The molecule has 0 saturated heterocycles. The summed E-state index contributed by atoms with van der Waals surface area (Å²) >= 11 is 17.3. The number of benzene rings is 2. The van der Waals surface area contributed by atoms with E-state index in [-0.39, 0.29) is 10.6 Å². The summed E-state index contributed by atoms with van der Waals surface area (Å²) in [5, 5.41) is 2.25. The van der Waals surface area contributed by atoms with E-state index in [1.165, 1.54) is 6.07 Å². The Kier molecular flexibility index (Phi) is 4.04. The molecule has 1 heterocycles. The van der Waals surface area contributed by atoms with Crippen LogP contribution in [0.4, 0.5) is 4.39 Å². The Hall–Kier alpha value is -0.610. The third-order valence-electron chi connectivity index (χ3n) is 2.99. The Bertz CT molecular complexity index is 785. The SMILES string of the molecule is Fc1ccc2cc(C(Br)c3ccc(Cl)cc3Cl)sc2c1. The fourth-order valence-corrected chi connectivity index (χ4v) is 4.56. The van der Waals surface area contributed by atoms with Gasteiger partial charge in [-0.3, -0.25) is 0 Å². The van der Waals surface area contributed by atoms with Gasteiger partial charge in [-0.2, -0.15) is 0 Å². The maximum atomic E-state index is 13.2. The van der Waals surface area contributed by atoms with Crippen LogP contribution in [0, 0.1) is 5.82 Å². The number of fused-ring (bicyclic) bond motifs is 1. The lowest BCUT2D eigenvalue weighted by Gasteiger charge is -2.10. The highest BCUT2D eigenvalue weighted by molar-refractivity contribution is 9.09. The summed E-state index contributed by atoms with van der Waals surface area (Å²) < 4.78 is 14.2. The van der Waals surface area contributed by atoms with Gasteiger partial charge in [-0.25, -0.2) is 4.39 Å². The molecule has 0 saturated carbocycles. The molecule has 0 fully saturated rings. The van der Waals surface area contributed by atoms with Crippen molar-refractivity contribution in [1.82, 2.24) is 0 Å². The lowest BCUT2D eigenvalue weighted by Crippen LogP contribution is -1.90. The molecule has 1 atom stereocenters. The summed E-state index contributed by atoms with van der Waals surface area (Å²) in [6, 6.07) is 12.3. The molecule has 1 unspecified atom stereocenters. The zero-order chi connectivity index (χ0) is 14.3. The Labute approximate surface area is 138 Å². The Morgan fingerprint density at radius 2 is 1.85 bits per heavy atom. The second-order valence-corrected chi connectivity index (χ2v) is 7.23. The van der Waals surface area contributed by atoms with Crippen LogP contribution in [0.1, 0.15) is 15.3 Å². The molecule has 0 aliphatic rings. The number of rotatable bonds is 2. The number of thiophene rings is 1. The minimum absolute atomic E-state index is 0.0345. The van der Waals surface area contributed by atoms with E-state index in [2.05, 4.69) is 15.9 Å². The highest BCUT2D eigenvalue weighted by atomic mass is 79.9. The molecule has 0 amide bonds. The van der Waals surface area contributed by atoms with E-state index in [1.54, 1.807) is 29.5 Å². The third-order valence-corrected chi connectivity index (χ3v) is 6.00. The predicted molar refractivity (Wildman–Crippen MR) is 89.0 cm³/mol. The van der Waals surface area contributed by atoms with Gasteiger partial charge < -0.3 is 0 Å². The van der Waals surface area contributed by atoms with Crippen molar-refractivity contribution in [3.63, 3.8) is 0 Å². The van der Waals surface area contributed by atoms with Crippen LogP contribution in [0.3, 0.4) is 0 Å². The molecule has 0 nitrogen and oxygen atoms in total. The second-order valence-electron chi connectivity index (χ2n) is 4.36. The average molecular weight is 390 g/mol. The molecule has 1 aromatic heterocycles. The van der Waals surface area contributed by atoms with Crippen molar-refractivity contribution in [2.75, 3.05) is 0 Å².